The number of aromatic hydroxyl groups is 1. The summed E-state index contributed by atoms with van der Waals surface area (Å²) in [5.41, 5.74) is 0.413. The number of nitrogens with zero attached hydrogens (tertiary/aromatic N) is 1. The molecule has 0 unspecified atom stereocenters. The predicted molar refractivity (Wildman–Crippen MR) is 70.3 cm³/mol. The first kappa shape index (κ1) is 13.5. The summed E-state index contributed by atoms with van der Waals surface area (Å²) in [6.07, 6.45) is 0. The molecule has 0 aliphatic heterocycles. The average Bonchev–Trinajstić information content (AvgIpc) is 2.45. The van der Waals surface area contributed by atoms with E-state index in [2.05, 4.69) is 0 Å². The molecule has 2 aromatic rings. The number of rotatable bonds is 4. The Labute approximate surface area is 114 Å². The van der Waals surface area contributed by atoms with Gasteiger partial charge in [-0.15, -0.1) is 0 Å². The molecular weight excluding hydrogens is 262 g/mol. The van der Waals surface area contributed by atoms with Crippen molar-refractivity contribution in [3.05, 3.63) is 69.8 Å². The Balaban J connectivity index is 2.08. The lowest BCUT2D eigenvalue weighted by molar-refractivity contribution is -0.384. The highest BCUT2D eigenvalue weighted by Crippen LogP contribution is 2.24. The van der Waals surface area contributed by atoms with Crippen LogP contribution in [0.5, 0.6) is 5.75 Å². The second-order valence-corrected chi connectivity index (χ2v) is 4.02. The molecule has 0 aliphatic carbocycles. The second kappa shape index (κ2) is 5.83. The lowest BCUT2D eigenvalue weighted by Gasteiger charge is -2.06. The fraction of sp³-hybridized carbons (Fsp3) is 0.0714. The van der Waals surface area contributed by atoms with Crippen LogP contribution in [0.25, 0.3) is 0 Å². The van der Waals surface area contributed by atoms with Crippen LogP contribution in [0, 0.1) is 10.1 Å². The number of non-ortho nitro benzene ring substituents is 1. The van der Waals surface area contributed by atoms with Crippen molar-refractivity contribution in [2.75, 3.05) is 0 Å². The minimum Gasteiger partial charge on any atom is -0.507 e. The first-order chi connectivity index (χ1) is 9.58. The molecule has 102 valence electrons. The van der Waals surface area contributed by atoms with Crippen molar-refractivity contribution in [3.63, 3.8) is 0 Å². The van der Waals surface area contributed by atoms with E-state index in [9.17, 15) is 20.0 Å². The number of carbonyl (C=O) groups excluding carboxylic acids is 1. The summed E-state index contributed by atoms with van der Waals surface area (Å²) >= 11 is 0. The van der Waals surface area contributed by atoms with Gasteiger partial charge in [0.2, 0.25) is 0 Å². The lowest BCUT2D eigenvalue weighted by Crippen LogP contribution is -2.05. The average molecular weight is 273 g/mol. The third kappa shape index (κ3) is 3.11. The van der Waals surface area contributed by atoms with Crippen LogP contribution >= 0.6 is 0 Å². The maximum atomic E-state index is 11.8. The summed E-state index contributed by atoms with van der Waals surface area (Å²) in [6, 6.07) is 12.3. The Hall–Kier alpha value is -2.89. The Kier molecular flexibility index (Phi) is 3.95. The molecule has 0 saturated carbocycles. The molecule has 0 fully saturated rings. The third-order valence-corrected chi connectivity index (χ3v) is 2.62. The van der Waals surface area contributed by atoms with Gasteiger partial charge in [-0.2, -0.15) is 0 Å². The van der Waals surface area contributed by atoms with Gasteiger partial charge in [-0.1, -0.05) is 30.3 Å². The Morgan fingerprint density at radius 3 is 2.50 bits per heavy atom. The lowest BCUT2D eigenvalue weighted by atomic mass is 10.2. The normalized spacial score (nSPS) is 10.0. The number of phenols is 1. The van der Waals surface area contributed by atoms with Crippen molar-refractivity contribution in [2.24, 2.45) is 0 Å². The molecule has 0 aliphatic rings. The van der Waals surface area contributed by atoms with Gasteiger partial charge < -0.3 is 9.84 Å². The molecule has 2 aromatic carbocycles. The standard InChI is InChI=1S/C14H11NO5/c16-13-8-11(15(18)19)6-7-12(13)14(17)20-9-10-4-2-1-3-5-10/h1-8,16H,9H2. The highest BCUT2D eigenvalue weighted by Gasteiger charge is 2.16. The smallest absolute Gasteiger partial charge is 0.342 e. The van der Waals surface area contributed by atoms with E-state index in [0.717, 1.165) is 17.7 Å². The molecule has 20 heavy (non-hydrogen) atoms. The van der Waals surface area contributed by atoms with Crippen LogP contribution in [0.1, 0.15) is 15.9 Å². The first-order valence-corrected chi connectivity index (χ1v) is 5.76. The van der Waals surface area contributed by atoms with Crippen LogP contribution < -0.4 is 0 Å². The Morgan fingerprint density at radius 1 is 1.20 bits per heavy atom. The quantitative estimate of drug-likeness (QED) is 0.525. The number of nitro benzene ring substituents is 1. The van der Waals surface area contributed by atoms with Gasteiger partial charge in [-0.25, -0.2) is 4.79 Å². The fourth-order valence-electron chi connectivity index (χ4n) is 1.61. The van der Waals surface area contributed by atoms with Gasteiger partial charge in [-0.05, 0) is 11.6 Å². The van der Waals surface area contributed by atoms with Crippen molar-refractivity contribution in [2.45, 2.75) is 6.61 Å². The summed E-state index contributed by atoms with van der Waals surface area (Å²) in [5, 5.41) is 20.1. The molecule has 6 nitrogen and oxygen atoms in total. The van der Waals surface area contributed by atoms with Crippen molar-refractivity contribution in [3.8, 4) is 5.75 Å². The number of esters is 1. The van der Waals surface area contributed by atoms with Crippen LogP contribution in [-0.2, 0) is 11.3 Å². The molecule has 2 rings (SSSR count). The fourth-order valence-corrected chi connectivity index (χ4v) is 1.61. The van der Waals surface area contributed by atoms with E-state index < -0.39 is 16.6 Å². The van der Waals surface area contributed by atoms with E-state index in [1.165, 1.54) is 6.07 Å². The Bertz CT molecular complexity index is 639. The molecule has 0 heterocycles. The monoisotopic (exact) mass is 273 g/mol. The summed E-state index contributed by atoms with van der Waals surface area (Å²) in [7, 11) is 0. The number of carbonyl (C=O) groups is 1. The van der Waals surface area contributed by atoms with Gasteiger partial charge in [0.15, 0.2) is 0 Å². The van der Waals surface area contributed by atoms with Gasteiger partial charge in [-0.3, -0.25) is 10.1 Å². The molecule has 6 heteroatoms. The van der Waals surface area contributed by atoms with Crippen molar-refractivity contribution >= 4 is 11.7 Å². The molecule has 0 bridgehead atoms. The van der Waals surface area contributed by atoms with Gasteiger partial charge in [0.05, 0.1) is 11.0 Å². The number of ether oxygens (including phenoxy) is 1. The topological polar surface area (TPSA) is 89.7 Å². The molecule has 0 aromatic heterocycles. The van der Waals surface area contributed by atoms with Crippen LogP contribution in [0.3, 0.4) is 0 Å². The first-order valence-electron chi connectivity index (χ1n) is 5.76. The van der Waals surface area contributed by atoms with Crippen LogP contribution in [0.15, 0.2) is 48.5 Å². The van der Waals surface area contributed by atoms with E-state index in [1.54, 1.807) is 12.1 Å². The zero-order valence-electron chi connectivity index (χ0n) is 10.4. The van der Waals surface area contributed by atoms with E-state index in [1.807, 2.05) is 18.2 Å². The van der Waals surface area contributed by atoms with Gasteiger partial charge in [0.1, 0.15) is 17.9 Å². The number of hydrogen-bond acceptors (Lipinski definition) is 5. The van der Waals surface area contributed by atoms with Crippen LogP contribution in [0.2, 0.25) is 0 Å². The van der Waals surface area contributed by atoms with Crippen LogP contribution in [0.4, 0.5) is 5.69 Å². The predicted octanol–water partition coefficient (Wildman–Crippen LogP) is 2.66. The molecule has 1 N–H and O–H groups in total. The summed E-state index contributed by atoms with van der Waals surface area (Å²) < 4.78 is 5.03. The van der Waals surface area contributed by atoms with Gasteiger partial charge in [0.25, 0.3) is 5.69 Å². The Morgan fingerprint density at radius 2 is 1.90 bits per heavy atom. The highest BCUT2D eigenvalue weighted by atomic mass is 16.6. The second-order valence-electron chi connectivity index (χ2n) is 4.02. The summed E-state index contributed by atoms with van der Waals surface area (Å²) in [6.45, 7) is 0.0656. The largest absolute Gasteiger partial charge is 0.507 e. The summed E-state index contributed by atoms with van der Waals surface area (Å²) in [4.78, 5) is 21.6. The third-order valence-electron chi connectivity index (χ3n) is 2.62. The zero-order valence-corrected chi connectivity index (χ0v) is 10.4. The number of nitro groups is 1. The molecular formula is C14H11NO5. The number of hydrogen-bond donors (Lipinski definition) is 1. The molecule has 0 amide bonds. The summed E-state index contributed by atoms with van der Waals surface area (Å²) in [5.74, 6) is -1.21. The molecule has 0 saturated heterocycles. The molecule has 0 atom stereocenters. The van der Waals surface area contributed by atoms with Gasteiger partial charge in [0, 0.05) is 6.07 Å². The molecule has 0 radical (unpaired) electrons. The minimum atomic E-state index is -0.735. The maximum Gasteiger partial charge on any atom is 0.342 e. The number of phenolic OH excluding ortho intramolecular Hbond substituents is 1. The van der Waals surface area contributed by atoms with Crippen LogP contribution in [-0.4, -0.2) is 16.0 Å². The van der Waals surface area contributed by atoms with E-state index >= 15 is 0 Å². The van der Waals surface area contributed by atoms with Crippen molar-refractivity contribution in [1.82, 2.24) is 0 Å². The van der Waals surface area contributed by atoms with Crippen molar-refractivity contribution < 1.29 is 19.6 Å². The van der Waals surface area contributed by atoms with Crippen molar-refractivity contribution in [1.29, 1.82) is 0 Å². The van der Waals surface area contributed by atoms with E-state index in [-0.39, 0.29) is 17.9 Å². The van der Waals surface area contributed by atoms with E-state index in [0.29, 0.717) is 0 Å². The number of benzene rings is 2. The zero-order chi connectivity index (χ0) is 14.5. The molecule has 0 spiro atoms. The maximum absolute atomic E-state index is 11.8. The van der Waals surface area contributed by atoms with Gasteiger partial charge >= 0.3 is 5.97 Å². The SMILES string of the molecule is O=C(OCc1ccccc1)c1ccc([N+](=O)[O-])cc1O. The minimum absolute atomic E-state index is 0.0656. The highest BCUT2D eigenvalue weighted by molar-refractivity contribution is 5.92. The van der Waals surface area contributed by atoms with E-state index in [4.69, 9.17) is 4.74 Å².